The minimum absolute atomic E-state index is 0.232. The zero-order valence-corrected chi connectivity index (χ0v) is 13.0. The molecule has 0 spiro atoms. The highest BCUT2D eigenvalue weighted by molar-refractivity contribution is 7.89. The normalized spacial score (nSPS) is 12.0. The first-order valence-electron chi connectivity index (χ1n) is 6.09. The Morgan fingerprint density at radius 3 is 2.60 bits per heavy atom. The summed E-state index contributed by atoms with van der Waals surface area (Å²) in [6.45, 7) is 2.34. The van der Waals surface area contributed by atoms with Crippen molar-refractivity contribution in [1.82, 2.24) is 9.29 Å². The molecule has 2 aromatic heterocycles. The number of hydrogen-bond acceptors (Lipinski definition) is 5. The fourth-order valence-electron chi connectivity index (χ4n) is 1.96. The summed E-state index contributed by atoms with van der Waals surface area (Å²) in [5.41, 5.74) is 7.28. The molecule has 0 fully saturated rings. The highest BCUT2D eigenvalue weighted by Gasteiger charge is 2.26. The first-order valence-corrected chi connectivity index (χ1v) is 8.41. The molecule has 0 saturated carbocycles. The van der Waals surface area contributed by atoms with Crippen LogP contribution in [0.3, 0.4) is 0 Å². The highest BCUT2D eigenvalue weighted by atomic mass is 32.2. The largest absolute Gasteiger partial charge is 0.326 e. The quantitative estimate of drug-likeness (QED) is 0.912. The first kappa shape index (κ1) is 15.1. The number of nitrogens with two attached hydrogens (primary N) is 1. The second-order valence-electron chi connectivity index (χ2n) is 4.49. The number of aromatic nitrogens is 1. The molecule has 2 aromatic rings. The van der Waals surface area contributed by atoms with Crippen LogP contribution in [0.1, 0.15) is 16.0 Å². The van der Waals surface area contributed by atoms with Crippen molar-refractivity contribution in [3.63, 3.8) is 0 Å². The number of nitrogens with zero attached hydrogens (tertiary/aromatic N) is 2. The SMILES string of the molecule is Cc1csc(CN)c1S(=O)(=O)N(C)Cc1ccncc1. The van der Waals surface area contributed by atoms with Crippen molar-refractivity contribution < 1.29 is 8.42 Å². The van der Waals surface area contributed by atoms with Crippen LogP contribution in [-0.4, -0.2) is 24.8 Å². The van der Waals surface area contributed by atoms with Gasteiger partial charge >= 0.3 is 0 Å². The Labute approximate surface area is 123 Å². The molecule has 0 atom stereocenters. The smallest absolute Gasteiger partial charge is 0.244 e. The van der Waals surface area contributed by atoms with Crippen molar-refractivity contribution in [2.45, 2.75) is 24.9 Å². The monoisotopic (exact) mass is 311 g/mol. The van der Waals surface area contributed by atoms with Gasteiger partial charge in [-0.25, -0.2) is 8.42 Å². The van der Waals surface area contributed by atoms with E-state index in [2.05, 4.69) is 4.98 Å². The van der Waals surface area contributed by atoms with Crippen molar-refractivity contribution in [1.29, 1.82) is 0 Å². The van der Waals surface area contributed by atoms with E-state index >= 15 is 0 Å². The molecule has 5 nitrogen and oxygen atoms in total. The van der Waals surface area contributed by atoms with Crippen molar-refractivity contribution >= 4 is 21.4 Å². The van der Waals surface area contributed by atoms with Gasteiger partial charge in [0.25, 0.3) is 0 Å². The fourth-order valence-corrected chi connectivity index (χ4v) is 4.76. The first-order chi connectivity index (χ1) is 9.46. The third kappa shape index (κ3) is 2.90. The van der Waals surface area contributed by atoms with Crippen molar-refractivity contribution in [2.24, 2.45) is 5.73 Å². The van der Waals surface area contributed by atoms with Crippen LogP contribution in [0.25, 0.3) is 0 Å². The van der Waals surface area contributed by atoms with E-state index in [1.165, 1.54) is 15.6 Å². The number of sulfonamides is 1. The van der Waals surface area contributed by atoms with Crippen molar-refractivity contribution in [2.75, 3.05) is 7.05 Å². The second kappa shape index (κ2) is 6.01. The van der Waals surface area contributed by atoms with Crippen molar-refractivity contribution in [3.8, 4) is 0 Å². The number of aryl methyl sites for hydroxylation is 1. The molecule has 2 heterocycles. The summed E-state index contributed by atoms with van der Waals surface area (Å²) in [5.74, 6) is 0. The van der Waals surface area contributed by atoms with Gasteiger partial charge < -0.3 is 5.73 Å². The molecule has 0 amide bonds. The van der Waals surface area contributed by atoms with Gasteiger partial charge in [0, 0.05) is 37.4 Å². The van der Waals surface area contributed by atoms with E-state index < -0.39 is 10.0 Å². The van der Waals surface area contributed by atoms with E-state index in [-0.39, 0.29) is 6.54 Å². The molecule has 108 valence electrons. The molecular formula is C13H17N3O2S2. The summed E-state index contributed by atoms with van der Waals surface area (Å²) in [4.78, 5) is 4.97. The zero-order chi connectivity index (χ0) is 14.8. The van der Waals surface area contributed by atoms with E-state index in [1.807, 2.05) is 5.38 Å². The van der Waals surface area contributed by atoms with E-state index in [1.54, 1.807) is 38.5 Å². The molecule has 2 rings (SSSR count). The molecule has 0 aliphatic carbocycles. The average Bonchev–Trinajstić information content (AvgIpc) is 2.81. The fraction of sp³-hybridized carbons (Fsp3) is 0.308. The van der Waals surface area contributed by atoms with Crippen LogP contribution in [0.4, 0.5) is 0 Å². The minimum Gasteiger partial charge on any atom is -0.326 e. The molecule has 0 aliphatic heterocycles. The van der Waals surface area contributed by atoms with Gasteiger partial charge in [-0.1, -0.05) is 0 Å². The van der Waals surface area contributed by atoms with Crippen LogP contribution in [0, 0.1) is 6.92 Å². The van der Waals surface area contributed by atoms with Gasteiger partial charge in [-0.15, -0.1) is 11.3 Å². The number of pyridine rings is 1. The standard InChI is InChI=1S/C13H17N3O2S2/c1-10-9-19-12(7-14)13(10)20(17,18)16(2)8-11-3-5-15-6-4-11/h3-6,9H,7-8,14H2,1-2H3. The summed E-state index contributed by atoms with van der Waals surface area (Å²) in [7, 11) is -1.95. The summed E-state index contributed by atoms with van der Waals surface area (Å²) in [6.07, 6.45) is 3.30. The van der Waals surface area contributed by atoms with Gasteiger partial charge in [-0.3, -0.25) is 4.98 Å². The second-order valence-corrected chi connectivity index (χ2v) is 7.44. The van der Waals surface area contributed by atoms with Crippen LogP contribution in [0.5, 0.6) is 0 Å². The minimum atomic E-state index is -3.52. The summed E-state index contributed by atoms with van der Waals surface area (Å²) < 4.78 is 26.7. The van der Waals surface area contributed by atoms with Crippen LogP contribution >= 0.6 is 11.3 Å². The van der Waals surface area contributed by atoms with E-state index in [4.69, 9.17) is 5.73 Å². The maximum absolute atomic E-state index is 12.7. The third-order valence-electron chi connectivity index (χ3n) is 3.00. The Kier molecular flexibility index (Phi) is 4.54. The van der Waals surface area contributed by atoms with E-state index in [0.29, 0.717) is 16.3 Å². The van der Waals surface area contributed by atoms with Crippen LogP contribution in [0.15, 0.2) is 34.8 Å². The molecule has 0 bridgehead atoms. The Hall–Kier alpha value is -1.28. The predicted octanol–water partition coefficient (Wildman–Crippen LogP) is 1.73. The van der Waals surface area contributed by atoms with Gasteiger partial charge in [-0.05, 0) is 35.6 Å². The Balaban J connectivity index is 2.32. The van der Waals surface area contributed by atoms with Gasteiger partial charge in [0.05, 0.1) is 0 Å². The molecular weight excluding hydrogens is 294 g/mol. The molecule has 0 aliphatic rings. The average molecular weight is 311 g/mol. The van der Waals surface area contributed by atoms with Crippen LogP contribution < -0.4 is 5.73 Å². The summed E-state index contributed by atoms with van der Waals surface area (Å²) in [6, 6.07) is 3.60. The lowest BCUT2D eigenvalue weighted by molar-refractivity contribution is 0.466. The van der Waals surface area contributed by atoms with Gasteiger partial charge in [-0.2, -0.15) is 4.31 Å². The van der Waals surface area contributed by atoms with Crippen molar-refractivity contribution in [3.05, 3.63) is 45.9 Å². The molecule has 2 N–H and O–H groups in total. The predicted molar refractivity (Wildman–Crippen MR) is 79.8 cm³/mol. The lowest BCUT2D eigenvalue weighted by Gasteiger charge is -2.18. The number of hydrogen-bond donors (Lipinski definition) is 1. The zero-order valence-electron chi connectivity index (χ0n) is 11.4. The van der Waals surface area contributed by atoms with E-state index in [9.17, 15) is 8.42 Å². The topological polar surface area (TPSA) is 76.3 Å². The Morgan fingerprint density at radius 1 is 1.35 bits per heavy atom. The molecule has 0 saturated heterocycles. The highest BCUT2D eigenvalue weighted by Crippen LogP contribution is 2.29. The molecule has 0 unspecified atom stereocenters. The lowest BCUT2D eigenvalue weighted by atomic mass is 10.3. The molecule has 0 aromatic carbocycles. The van der Waals surface area contributed by atoms with E-state index in [0.717, 1.165) is 11.1 Å². The third-order valence-corrected chi connectivity index (χ3v) is 6.29. The van der Waals surface area contributed by atoms with Gasteiger partial charge in [0.2, 0.25) is 10.0 Å². The maximum Gasteiger partial charge on any atom is 0.244 e. The van der Waals surface area contributed by atoms with Crippen LogP contribution in [-0.2, 0) is 23.1 Å². The lowest BCUT2D eigenvalue weighted by Crippen LogP contribution is -2.27. The van der Waals surface area contributed by atoms with Gasteiger partial charge in [0.15, 0.2) is 0 Å². The Bertz CT molecular complexity index is 681. The maximum atomic E-state index is 12.7. The van der Waals surface area contributed by atoms with Gasteiger partial charge in [0.1, 0.15) is 4.90 Å². The number of rotatable bonds is 5. The molecule has 20 heavy (non-hydrogen) atoms. The van der Waals surface area contributed by atoms with Crippen LogP contribution in [0.2, 0.25) is 0 Å². The summed E-state index contributed by atoms with van der Waals surface area (Å²) >= 11 is 1.39. The molecule has 0 radical (unpaired) electrons. The Morgan fingerprint density at radius 2 is 2.00 bits per heavy atom. The number of thiophene rings is 1. The summed E-state index contributed by atoms with van der Waals surface area (Å²) in [5, 5.41) is 1.83. The molecule has 7 heteroatoms.